The first-order valence-corrected chi connectivity index (χ1v) is 6.41. The van der Waals surface area contributed by atoms with Crippen LogP contribution in [0, 0.1) is 17.3 Å². The van der Waals surface area contributed by atoms with Crippen LogP contribution in [0.1, 0.15) is 52.9 Å². The van der Waals surface area contributed by atoms with Crippen LogP contribution in [-0.2, 0) is 0 Å². The Bertz CT molecular complexity index is 197. The van der Waals surface area contributed by atoms with Gasteiger partial charge in [-0.2, -0.15) is 0 Å². The molecule has 1 heteroatoms. The van der Waals surface area contributed by atoms with Crippen molar-refractivity contribution in [3.05, 3.63) is 0 Å². The standard InChI is InChI=1S/C13H25N/c1-4-9-14-12-10-7-5-6-8-11(10)13(12,2)3/h10-12,14H,4-9H2,1-3H3. The highest BCUT2D eigenvalue weighted by molar-refractivity contribution is 5.08. The van der Waals surface area contributed by atoms with Gasteiger partial charge in [-0.25, -0.2) is 0 Å². The third-order valence-corrected chi connectivity index (χ3v) is 4.62. The van der Waals surface area contributed by atoms with Gasteiger partial charge < -0.3 is 5.32 Å². The van der Waals surface area contributed by atoms with Gasteiger partial charge >= 0.3 is 0 Å². The average molecular weight is 195 g/mol. The molecular formula is C13H25N. The fraction of sp³-hybridized carbons (Fsp3) is 1.00. The van der Waals surface area contributed by atoms with E-state index >= 15 is 0 Å². The van der Waals surface area contributed by atoms with Gasteiger partial charge in [0.05, 0.1) is 0 Å². The van der Waals surface area contributed by atoms with Crippen LogP contribution in [0.5, 0.6) is 0 Å². The van der Waals surface area contributed by atoms with Gasteiger partial charge in [-0.3, -0.25) is 0 Å². The van der Waals surface area contributed by atoms with E-state index in [-0.39, 0.29) is 0 Å². The lowest BCUT2D eigenvalue weighted by Gasteiger charge is -2.61. The Hall–Kier alpha value is -0.0400. The van der Waals surface area contributed by atoms with Crippen LogP contribution < -0.4 is 5.32 Å². The summed E-state index contributed by atoms with van der Waals surface area (Å²) in [5.41, 5.74) is 0.570. The average Bonchev–Trinajstić information content (AvgIpc) is 2.18. The molecule has 0 saturated heterocycles. The molecule has 0 amide bonds. The van der Waals surface area contributed by atoms with Gasteiger partial charge in [-0.1, -0.05) is 33.6 Å². The Labute approximate surface area is 88.7 Å². The second kappa shape index (κ2) is 3.84. The molecule has 2 fully saturated rings. The fourth-order valence-electron chi connectivity index (χ4n) is 3.86. The fourth-order valence-corrected chi connectivity index (χ4v) is 3.86. The van der Waals surface area contributed by atoms with Crippen molar-refractivity contribution < 1.29 is 0 Å². The van der Waals surface area contributed by atoms with Crippen molar-refractivity contribution >= 4 is 0 Å². The van der Waals surface area contributed by atoms with E-state index in [9.17, 15) is 0 Å². The van der Waals surface area contributed by atoms with Gasteiger partial charge in [0.15, 0.2) is 0 Å². The number of hydrogen-bond acceptors (Lipinski definition) is 1. The van der Waals surface area contributed by atoms with Crippen LogP contribution in [0.2, 0.25) is 0 Å². The van der Waals surface area contributed by atoms with E-state index in [4.69, 9.17) is 0 Å². The molecule has 14 heavy (non-hydrogen) atoms. The van der Waals surface area contributed by atoms with E-state index in [1.165, 1.54) is 38.6 Å². The normalized spacial score (nSPS) is 40.1. The minimum Gasteiger partial charge on any atom is -0.313 e. The molecule has 0 radical (unpaired) electrons. The van der Waals surface area contributed by atoms with Crippen molar-refractivity contribution in [2.75, 3.05) is 6.54 Å². The van der Waals surface area contributed by atoms with Crippen LogP contribution in [-0.4, -0.2) is 12.6 Å². The molecule has 1 N–H and O–H groups in total. The van der Waals surface area contributed by atoms with Gasteiger partial charge in [-0.15, -0.1) is 0 Å². The summed E-state index contributed by atoms with van der Waals surface area (Å²) in [6, 6.07) is 0.813. The number of fused-ring (bicyclic) bond motifs is 1. The second-order valence-corrected chi connectivity index (χ2v) is 5.81. The van der Waals surface area contributed by atoms with E-state index in [2.05, 4.69) is 26.1 Å². The molecule has 0 bridgehead atoms. The van der Waals surface area contributed by atoms with E-state index < -0.39 is 0 Å². The summed E-state index contributed by atoms with van der Waals surface area (Å²) >= 11 is 0. The first-order chi connectivity index (χ1) is 6.68. The van der Waals surface area contributed by atoms with Crippen LogP contribution in [0.3, 0.4) is 0 Å². The summed E-state index contributed by atoms with van der Waals surface area (Å²) in [7, 11) is 0. The van der Waals surface area contributed by atoms with E-state index in [0.717, 1.165) is 17.9 Å². The molecule has 82 valence electrons. The summed E-state index contributed by atoms with van der Waals surface area (Å²) in [6.07, 6.45) is 7.19. The monoisotopic (exact) mass is 195 g/mol. The zero-order valence-electron chi connectivity index (χ0n) is 9.97. The Morgan fingerprint density at radius 3 is 2.64 bits per heavy atom. The maximum atomic E-state index is 3.76. The van der Waals surface area contributed by atoms with Crippen molar-refractivity contribution in [1.29, 1.82) is 0 Å². The SMILES string of the molecule is CCCNC1C2CCCCC2C1(C)C. The summed E-state index contributed by atoms with van der Waals surface area (Å²) in [6.45, 7) is 8.40. The molecule has 2 aliphatic rings. The van der Waals surface area contributed by atoms with Crippen molar-refractivity contribution in [3.8, 4) is 0 Å². The summed E-state index contributed by atoms with van der Waals surface area (Å²) in [4.78, 5) is 0. The third-order valence-electron chi connectivity index (χ3n) is 4.62. The predicted molar refractivity (Wildman–Crippen MR) is 61.3 cm³/mol. The Balaban J connectivity index is 1.95. The maximum absolute atomic E-state index is 3.76. The van der Waals surface area contributed by atoms with Crippen LogP contribution in [0.25, 0.3) is 0 Å². The largest absolute Gasteiger partial charge is 0.313 e. The second-order valence-electron chi connectivity index (χ2n) is 5.81. The number of nitrogens with one attached hydrogen (secondary N) is 1. The molecule has 0 aromatic heterocycles. The molecule has 0 aliphatic heterocycles. The molecule has 2 saturated carbocycles. The molecule has 2 rings (SSSR count). The van der Waals surface area contributed by atoms with Crippen molar-refractivity contribution in [2.45, 2.75) is 58.9 Å². The lowest BCUT2D eigenvalue weighted by Crippen LogP contribution is -2.64. The van der Waals surface area contributed by atoms with Crippen LogP contribution in [0.4, 0.5) is 0 Å². The minimum absolute atomic E-state index is 0.570. The Morgan fingerprint density at radius 2 is 1.93 bits per heavy atom. The minimum atomic E-state index is 0.570. The zero-order valence-corrected chi connectivity index (χ0v) is 9.97. The van der Waals surface area contributed by atoms with E-state index in [0.29, 0.717) is 5.41 Å². The molecule has 0 aromatic rings. The molecule has 0 aromatic carbocycles. The van der Waals surface area contributed by atoms with Gasteiger partial charge in [0.2, 0.25) is 0 Å². The first-order valence-electron chi connectivity index (χ1n) is 6.41. The Kier molecular flexibility index (Phi) is 2.88. The molecule has 3 unspecified atom stereocenters. The predicted octanol–water partition coefficient (Wildman–Crippen LogP) is 3.20. The lowest BCUT2D eigenvalue weighted by molar-refractivity contribution is -0.0871. The van der Waals surface area contributed by atoms with Gasteiger partial charge in [-0.05, 0) is 43.1 Å². The van der Waals surface area contributed by atoms with Crippen molar-refractivity contribution in [2.24, 2.45) is 17.3 Å². The van der Waals surface area contributed by atoms with Gasteiger partial charge in [0, 0.05) is 6.04 Å². The highest BCUT2D eigenvalue weighted by Crippen LogP contribution is 2.56. The first kappa shape index (κ1) is 10.5. The number of rotatable bonds is 3. The highest BCUT2D eigenvalue weighted by Gasteiger charge is 2.55. The van der Waals surface area contributed by atoms with Gasteiger partial charge in [0.25, 0.3) is 0 Å². The summed E-state index contributed by atoms with van der Waals surface area (Å²) in [5, 5.41) is 3.76. The topological polar surface area (TPSA) is 12.0 Å². The quantitative estimate of drug-likeness (QED) is 0.729. The van der Waals surface area contributed by atoms with E-state index in [1.807, 2.05) is 0 Å². The highest BCUT2D eigenvalue weighted by atomic mass is 15.0. The van der Waals surface area contributed by atoms with Crippen molar-refractivity contribution in [3.63, 3.8) is 0 Å². The Morgan fingerprint density at radius 1 is 1.21 bits per heavy atom. The lowest BCUT2D eigenvalue weighted by atomic mass is 9.48. The van der Waals surface area contributed by atoms with Crippen LogP contribution >= 0.6 is 0 Å². The van der Waals surface area contributed by atoms with E-state index in [1.54, 1.807) is 0 Å². The van der Waals surface area contributed by atoms with Gasteiger partial charge in [0.1, 0.15) is 0 Å². The molecule has 3 atom stereocenters. The zero-order chi connectivity index (χ0) is 10.2. The molecule has 0 heterocycles. The molecular weight excluding hydrogens is 170 g/mol. The molecule has 1 nitrogen and oxygen atoms in total. The van der Waals surface area contributed by atoms with Crippen LogP contribution in [0.15, 0.2) is 0 Å². The third kappa shape index (κ3) is 1.50. The molecule has 0 spiro atoms. The summed E-state index contributed by atoms with van der Waals surface area (Å²) < 4.78 is 0. The smallest absolute Gasteiger partial charge is 0.0152 e. The molecule has 2 aliphatic carbocycles. The number of hydrogen-bond donors (Lipinski definition) is 1. The summed E-state index contributed by atoms with van der Waals surface area (Å²) in [5.74, 6) is 2.02. The maximum Gasteiger partial charge on any atom is 0.0152 e. The van der Waals surface area contributed by atoms with Crippen molar-refractivity contribution in [1.82, 2.24) is 5.32 Å².